The summed E-state index contributed by atoms with van der Waals surface area (Å²) in [6.07, 6.45) is 0.831. The molecular weight excluding hydrogens is 459 g/mol. The highest BCUT2D eigenvalue weighted by Crippen LogP contribution is 2.27. The second-order valence-electron chi connectivity index (χ2n) is 6.57. The highest BCUT2D eigenvalue weighted by molar-refractivity contribution is 14.0. The van der Waals surface area contributed by atoms with Gasteiger partial charge in [-0.3, -0.25) is 4.99 Å². The zero-order chi connectivity index (χ0) is 18.1. The van der Waals surface area contributed by atoms with E-state index in [0.29, 0.717) is 6.54 Å². The van der Waals surface area contributed by atoms with E-state index >= 15 is 0 Å². The van der Waals surface area contributed by atoms with Crippen LogP contribution in [0.1, 0.15) is 25.8 Å². The maximum Gasteiger partial charge on any atom is 0.191 e. The normalized spacial score (nSPS) is 19.8. The molecule has 7 heteroatoms. The van der Waals surface area contributed by atoms with Gasteiger partial charge < -0.3 is 20.6 Å². The molecule has 0 bridgehead atoms. The molecule has 2 rings (SSSR count). The van der Waals surface area contributed by atoms with Crippen molar-refractivity contribution >= 4 is 47.4 Å². The Hall–Kier alpha value is -0.670. The van der Waals surface area contributed by atoms with E-state index in [2.05, 4.69) is 65.6 Å². The van der Waals surface area contributed by atoms with Gasteiger partial charge in [-0.1, -0.05) is 12.1 Å². The monoisotopic (exact) mass is 492 g/mol. The first-order chi connectivity index (χ1) is 12.1. The third-order valence-electron chi connectivity index (χ3n) is 4.38. The number of likely N-dealkylation sites (N-methyl/N-ethyl adjacent to an activating group) is 1. The number of nitrogens with one attached hydrogen (secondary N) is 2. The molecule has 1 atom stereocenters. The average molecular weight is 492 g/mol. The van der Waals surface area contributed by atoms with Crippen molar-refractivity contribution in [2.75, 3.05) is 49.1 Å². The van der Waals surface area contributed by atoms with Crippen molar-refractivity contribution in [2.45, 2.75) is 32.8 Å². The third kappa shape index (κ3) is 7.52. The lowest BCUT2D eigenvalue weighted by Gasteiger charge is -2.24. The highest BCUT2D eigenvalue weighted by atomic mass is 127. The fraction of sp³-hybridized carbons (Fsp3) is 0.632. The number of nitrogens with zero attached hydrogens (tertiary/aromatic N) is 2. The summed E-state index contributed by atoms with van der Waals surface area (Å²) >= 11 is 1.80. The van der Waals surface area contributed by atoms with Crippen molar-refractivity contribution < 1.29 is 5.11 Å². The van der Waals surface area contributed by atoms with Gasteiger partial charge in [0.1, 0.15) is 0 Å². The van der Waals surface area contributed by atoms with Gasteiger partial charge in [0.15, 0.2) is 5.96 Å². The Bertz CT molecular complexity index is 564. The van der Waals surface area contributed by atoms with Gasteiger partial charge in [-0.15, -0.1) is 24.0 Å². The minimum absolute atomic E-state index is 0. The summed E-state index contributed by atoms with van der Waals surface area (Å²) in [5, 5.41) is 17.1. The Kier molecular flexibility index (Phi) is 10.7. The first-order valence-electron chi connectivity index (χ1n) is 9.20. The van der Waals surface area contributed by atoms with Crippen molar-refractivity contribution in [1.82, 2.24) is 10.6 Å². The molecule has 148 valence electrons. The van der Waals surface area contributed by atoms with Crippen LogP contribution in [0.25, 0.3) is 0 Å². The molecule has 1 unspecified atom stereocenters. The van der Waals surface area contributed by atoms with Crippen molar-refractivity contribution in [1.29, 1.82) is 0 Å². The van der Waals surface area contributed by atoms with Crippen LogP contribution in [0.2, 0.25) is 0 Å². The molecule has 0 spiro atoms. The molecule has 1 aliphatic rings. The second-order valence-corrected chi connectivity index (χ2v) is 7.67. The number of aryl methyl sites for hydroxylation is 1. The first-order valence-corrected chi connectivity index (χ1v) is 10.4. The summed E-state index contributed by atoms with van der Waals surface area (Å²) in [7, 11) is 0. The topological polar surface area (TPSA) is 59.9 Å². The molecule has 1 aliphatic heterocycles. The average Bonchev–Trinajstić information content (AvgIpc) is 3.03. The van der Waals surface area contributed by atoms with Crippen molar-refractivity contribution in [3.05, 3.63) is 29.8 Å². The van der Waals surface area contributed by atoms with E-state index < -0.39 is 5.60 Å². The first kappa shape index (κ1) is 23.4. The van der Waals surface area contributed by atoms with Gasteiger partial charge in [-0.05, 0) is 50.6 Å². The molecule has 5 nitrogen and oxygen atoms in total. The summed E-state index contributed by atoms with van der Waals surface area (Å²) in [5.74, 6) is 2.60. The van der Waals surface area contributed by atoms with Gasteiger partial charge in [-0.25, -0.2) is 0 Å². The van der Waals surface area contributed by atoms with Crippen molar-refractivity contribution in [3.8, 4) is 0 Å². The van der Waals surface area contributed by atoms with E-state index in [1.165, 1.54) is 11.3 Å². The van der Waals surface area contributed by atoms with Gasteiger partial charge in [-0.2, -0.15) is 11.8 Å². The molecule has 0 aliphatic carbocycles. The molecular formula is C19H33IN4OS. The summed E-state index contributed by atoms with van der Waals surface area (Å²) in [6, 6.07) is 8.60. The third-order valence-corrected chi connectivity index (χ3v) is 5.62. The quantitative estimate of drug-likeness (QED) is 0.296. The number of benzene rings is 1. The van der Waals surface area contributed by atoms with E-state index in [9.17, 15) is 5.11 Å². The summed E-state index contributed by atoms with van der Waals surface area (Å²) in [4.78, 5) is 6.94. The summed E-state index contributed by atoms with van der Waals surface area (Å²) in [6.45, 7) is 10.3. The Labute approximate surface area is 179 Å². The lowest BCUT2D eigenvalue weighted by molar-refractivity contribution is 0.0778. The predicted octanol–water partition coefficient (Wildman–Crippen LogP) is 2.86. The van der Waals surface area contributed by atoms with Crippen LogP contribution in [0.3, 0.4) is 0 Å². The number of thioether (sulfide) groups is 1. The van der Waals surface area contributed by atoms with Gasteiger partial charge in [0.2, 0.25) is 0 Å². The van der Waals surface area contributed by atoms with Crippen LogP contribution in [0.15, 0.2) is 29.3 Å². The number of aliphatic hydroxyl groups is 1. The van der Waals surface area contributed by atoms with Gasteiger partial charge in [0.25, 0.3) is 0 Å². The lowest BCUT2D eigenvalue weighted by atomic mass is 10.1. The SMILES string of the molecule is CCNC(=NCC1(O)CCSC1)NCCN(CC)c1cccc(C)c1.I. The minimum Gasteiger partial charge on any atom is -0.387 e. The number of anilines is 1. The van der Waals surface area contributed by atoms with Crippen LogP contribution in [0.4, 0.5) is 5.69 Å². The molecule has 0 saturated carbocycles. The highest BCUT2D eigenvalue weighted by Gasteiger charge is 2.31. The summed E-state index contributed by atoms with van der Waals surface area (Å²) in [5.41, 5.74) is 1.90. The number of hydrogen-bond donors (Lipinski definition) is 3. The Balaban J connectivity index is 0.00000338. The van der Waals surface area contributed by atoms with Gasteiger partial charge >= 0.3 is 0 Å². The molecule has 1 saturated heterocycles. The van der Waals surface area contributed by atoms with Crippen LogP contribution < -0.4 is 15.5 Å². The molecule has 0 aromatic heterocycles. The van der Waals surface area contributed by atoms with Crippen LogP contribution in [-0.2, 0) is 0 Å². The molecule has 1 fully saturated rings. The lowest BCUT2D eigenvalue weighted by Crippen LogP contribution is -2.43. The zero-order valence-electron chi connectivity index (χ0n) is 16.1. The van der Waals surface area contributed by atoms with Crippen LogP contribution in [-0.4, -0.2) is 60.9 Å². The predicted molar refractivity (Wildman–Crippen MR) is 125 cm³/mol. The molecule has 0 radical (unpaired) electrons. The Morgan fingerprint density at radius 3 is 2.77 bits per heavy atom. The molecule has 26 heavy (non-hydrogen) atoms. The molecule has 1 heterocycles. The second kappa shape index (κ2) is 11.9. The van der Waals surface area contributed by atoms with E-state index in [1.54, 1.807) is 11.8 Å². The number of hydrogen-bond acceptors (Lipinski definition) is 4. The van der Waals surface area contributed by atoms with E-state index in [1.807, 2.05) is 0 Å². The maximum atomic E-state index is 10.4. The number of aliphatic imine (C=N–C) groups is 1. The molecule has 0 amide bonds. The summed E-state index contributed by atoms with van der Waals surface area (Å²) < 4.78 is 0. The Morgan fingerprint density at radius 2 is 2.15 bits per heavy atom. The van der Waals surface area contributed by atoms with E-state index in [4.69, 9.17) is 0 Å². The molecule has 1 aromatic carbocycles. The molecule has 3 N–H and O–H groups in total. The minimum atomic E-state index is -0.635. The van der Waals surface area contributed by atoms with Crippen molar-refractivity contribution in [3.63, 3.8) is 0 Å². The Morgan fingerprint density at radius 1 is 1.35 bits per heavy atom. The standard InChI is InChI=1S/C19H32N4OS.HI/c1-4-20-18(22-14-19(24)9-12-25-15-19)21-10-11-23(5-2)17-8-6-7-16(3)13-17;/h6-8,13,24H,4-5,9-12,14-15H2,1-3H3,(H2,20,21,22);1H. The van der Waals surface area contributed by atoms with Crippen LogP contribution in [0, 0.1) is 6.92 Å². The van der Waals surface area contributed by atoms with Crippen molar-refractivity contribution in [2.24, 2.45) is 4.99 Å². The van der Waals surface area contributed by atoms with Crippen LogP contribution in [0.5, 0.6) is 0 Å². The zero-order valence-corrected chi connectivity index (χ0v) is 19.3. The van der Waals surface area contributed by atoms with E-state index in [-0.39, 0.29) is 24.0 Å². The van der Waals surface area contributed by atoms with E-state index in [0.717, 1.165) is 50.1 Å². The largest absolute Gasteiger partial charge is 0.387 e. The van der Waals surface area contributed by atoms with Gasteiger partial charge in [0, 0.05) is 37.6 Å². The smallest absolute Gasteiger partial charge is 0.191 e. The van der Waals surface area contributed by atoms with Crippen LogP contribution >= 0.6 is 35.7 Å². The fourth-order valence-electron chi connectivity index (χ4n) is 2.89. The molecule has 1 aromatic rings. The maximum absolute atomic E-state index is 10.4. The fourth-order valence-corrected chi connectivity index (χ4v) is 4.18. The van der Waals surface area contributed by atoms with Gasteiger partial charge in [0.05, 0.1) is 12.1 Å². The number of rotatable bonds is 8. The number of halogens is 1. The number of guanidine groups is 1.